The third-order valence-electron chi connectivity index (χ3n) is 5.44. The summed E-state index contributed by atoms with van der Waals surface area (Å²) in [5.41, 5.74) is 11.0. The van der Waals surface area contributed by atoms with E-state index >= 15 is 0 Å². The lowest BCUT2D eigenvalue weighted by Gasteiger charge is -2.12. The zero-order valence-electron chi connectivity index (χ0n) is 17.6. The van der Waals surface area contributed by atoms with Crippen LogP contribution in [0.2, 0.25) is 0 Å². The molecule has 4 aromatic rings. The number of hydrogen-bond donors (Lipinski definition) is 3. The van der Waals surface area contributed by atoms with Gasteiger partial charge in [-0.25, -0.2) is 9.97 Å². The van der Waals surface area contributed by atoms with Crippen LogP contribution in [0.15, 0.2) is 48.5 Å². The van der Waals surface area contributed by atoms with E-state index < -0.39 is 6.61 Å². The fourth-order valence-corrected chi connectivity index (χ4v) is 3.80. The summed E-state index contributed by atoms with van der Waals surface area (Å²) >= 11 is 0. The maximum absolute atomic E-state index is 11.3. The summed E-state index contributed by atoms with van der Waals surface area (Å²) < 4.78 is 2.26. The third-order valence-corrected chi connectivity index (χ3v) is 5.44. The Bertz CT molecular complexity index is 1210. The number of rotatable bonds is 8. The average molecular weight is 418 g/mol. The van der Waals surface area contributed by atoms with Gasteiger partial charge >= 0.3 is 0 Å². The predicted molar refractivity (Wildman–Crippen MR) is 123 cm³/mol. The Morgan fingerprint density at radius 1 is 1.10 bits per heavy atom. The maximum atomic E-state index is 11.3. The summed E-state index contributed by atoms with van der Waals surface area (Å²) in [6.07, 6.45) is 3.02. The van der Waals surface area contributed by atoms with Crippen LogP contribution in [0.5, 0.6) is 0 Å². The molecule has 0 bridgehead atoms. The number of carbonyl (C=O) groups excluding carboxylic acids is 1. The minimum atomic E-state index is -0.502. The van der Waals surface area contributed by atoms with E-state index in [1.54, 1.807) is 0 Å². The van der Waals surface area contributed by atoms with Crippen LogP contribution in [0.25, 0.3) is 21.9 Å². The first-order chi connectivity index (χ1) is 15.1. The van der Waals surface area contributed by atoms with Gasteiger partial charge in [-0.3, -0.25) is 4.79 Å². The molecule has 4 rings (SSSR count). The number of amides is 1. The molecule has 0 radical (unpaired) electrons. The first kappa shape index (κ1) is 20.8. The Morgan fingerprint density at radius 3 is 2.58 bits per heavy atom. The minimum absolute atomic E-state index is 0.382. The second-order valence-corrected chi connectivity index (χ2v) is 7.68. The summed E-state index contributed by atoms with van der Waals surface area (Å²) in [6, 6.07) is 16.1. The summed E-state index contributed by atoms with van der Waals surface area (Å²) in [6.45, 7) is 2.74. The molecule has 160 valence electrons. The molecule has 0 saturated heterocycles. The highest BCUT2D eigenvalue weighted by molar-refractivity contribution is 6.06. The topological polar surface area (TPSA) is 106 Å². The molecule has 31 heavy (non-hydrogen) atoms. The largest absolute Gasteiger partial charge is 0.387 e. The molecule has 0 spiro atoms. The first-order valence-electron chi connectivity index (χ1n) is 10.6. The van der Waals surface area contributed by atoms with E-state index in [4.69, 9.17) is 15.8 Å². The molecule has 2 aromatic heterocycles. The molecular weight excluding hydrogens is 390 g/mol. The second kappa shape index (κ2) is 9.14. The fraction of sp³-hybridized carbons (Fsp3) is 0.292. The molecule has 0 unspecified atom stereocenters. The number of aliphatic hydroxyl groups is 1. The molecule has 0 fully saturated rings. The zero-order valence-corrected chi connectivity index (χ0v) is 17.6. The standard InChI is InChI=1S/C24H27N5O2/c1-2-3-8-20-28-22-23(18-6-4-5-7-19(18)27-24(22)25)29(20)14-17-11-9-16(10-12-17)13-26-21(31)15-30/h4-7,9-12,30H,2-3,8,13-15H2,1H3,(H2,25,27)(H,26,31). The van der Waals surface area contributed by atoms with Gasteiger partial charge in [-0.05, 0) is 23.6 Å². The number of nitrogen functional groups attached to an aromatic ring is 1. The number of hydrogen-bond acceptors (Lipinski definition) is 5. The van der Waals surface area contributed by atoms with E-state index in [1.165, 1.54) is 0 Å². The summed E-state index contributed by atoms with van der Waals surface area (Å²) in [4.78, 5) is 20.7. The highest BCUT2D eigenvalue weighted by atomic mass is 16.3. The SMILES string of the molecule is CCCCc1nc2c(N)nc3ccccc3c2n1Cc1ccc(CNC(=O)CO)cc1. The van der Waals surface area contributed by atoms with Crippen LogP contribution in [-0.2, 0) is 24.3 Å². The van der Waals surface area contributed by atoms with Gasteiger partial charge in [0.15, 0.2) is 5.82 Å². The monoisotopic (exact) mass is 417 g/mol. The smallest absolute Gasteiger partial charge is 0.245 e. The van der Waals surface area contributed by atoms with Gasteiger partial charge in [0.05, 0.1) is 11.0 Å². The van der Waals surface area contributed by atoms with Crippen molar-refractivity contribution < 1.29 is 9.90 Å². The Hall–Kier alpha value is -3.45. The molecule has 0 aliphatic heterocycles. The zero-order chi connectivity index (χ0) is 21.8. The molecule has 2 heterocycles. The lowest BCUT2D eigenvalue weighted by atomic mass is 10.1. The molecular formula is C24H27N5O2. The van der Waals surface area contributed by atoms with Gasteiger partial charge in [-0.2, -0.15) is 0 Å². The van der Waals surface area contributed by atoms with Crippen molar-refractivity contribution in [3.63, 3.8) is 0 Å². The van der Waals surface area contributed by atoms with E-state index in [9.17, 15) is 4.79 Å². The van der Waals surface area contributed by atoms with E-state index in [2.05, 4.69) is 40.0 Å². The number of aromatic nitrogens is 3. The van der Waals surface area contributed by atoms with Gasteiger partial charge in [0.1, 0.15) is 17.9 Å². The van der Waals surface area contributed by atoms with Crippen LogP contribution < -0.4 is 11.1 Å². The van der Waals surface area contributed by atoms with Gasteiger partial charge in [-0.1, -0.05) is 55.8 Å². The number of nitrogens with one attached hydrogen (secondary N) is 1. The molecule has 4 N–H and O–H groups in total. The lowest BCUT2D eigenvalue weighted by Crippen LogP contribution is -2.25. The van der Waals surface area contributed by atoms with E-state index in [0.29, 0.717) is 18.9 Å². The highest BCUT2D eigenvalue weighted by Gasteiger charge is 2.17. The highest BCUT2D eigenvalue weighted by Crippen LogP contribution is 2.30. The molecule has 0 aliphatic carbocycles. The molecule has 0 aliphatic rings. The number of imidazole rings is 1. The van der Waals surface area contributed by atoms with Crippen molar-refractivity contribution in [3.8, 4) is 0 Å². The fourth-order valence-electron chi connectivity index (χ4n) is 3.80. The van der Waals surface area contributed by atoms with Gasteiger partial charge in [-0.15, -0.1) is 0 Å². The van der Waals surface area contributed by atoms with Gasteiger partial charge in [0.2, 0.25) is 5.91 Å². The number of unbranched alkanes of at least 4 members (excludes halogenated alkanes) is 1. The third kappa shape index (κ3) is 4.36. The van der Waals surface area contributed by atoms with Crippen molar-refractivity contribution in [2.75, 3.05) is 12.3 Å². The number of nitrogens with zero attached hydrogens (tertiary/aromatic N) is 3. The Kier molecular flexibility index (Phi) is 6.13. The van der Waals surface area contributed by atoms with Crippen molar-refractivity contribution in [2.45, 2.75) is 39.3 Å². The van der Waals surface area contributed by atoms with Crippen molar-refractivity contribution >= 4 is 33.7 Å². The van der Waals surface area contributed by atoms with E-state index in [1.807, 2.05) is 30.3 Å². The van der Waals surface area contributed by atoms with Crippen molar-refractivity contribution in [1.29, 1.82) is 0 Å². The molecule has 0 atom stereocenters. The predicted octanol–water partition coefficient (Wildman–Crippen LogP) is 3.17. The van der Waals surface area contributed by atoms with Crippen molar-refractivity contribution in [2.24, 2.45) is 0 Å². The van der Waals surface area contributed by atoms with Crippen LogP contribution in [0.3, 0.4) is 0 Å². The number of para-hydroxylation sites is 1. The summed E-state index contributed by atoms with van der Waals surface area (Å²) in [5, 5.41) is 12.6. The molecule has 1 amide bonds. The Balaban J connectivity index is 1.72. The number of aryl methyl sites for hydroxylation is 1. The molecule has 0 saturated carbocycles. The van der Waals surface area contributed by atoms with Gasteiger partial charge < -0.3 is 20.7 Å². The number of fused-ring (bicyclic) bond motifs is 3. The number of benzene rings is 2. The number of aliphatic hydroxyl groups excluding tert-OH is 1. The van der Waals surface area contributed by atoms with E-state index in [-0.39, 0.29) is 5.91 Å². The first-order valence-corrected chi connectivity index (χ1v) is 10.6. The minimum Gasteiger partial charge on any atom is -0.387 e. The van der Waals surface area contributed by atoms with Crippen LogP contribution in [-0.4, -0.2) is 32.2 Å². The van der Waals surface area contributed by atoms with Gasteiger partial charge in [0, 0.05) is 24.9 Å². The van der Waals surface area contributed by atoms with Crippen LogP contribution in [0.4, 0.5) is 5.82 Å². The summed E-state index contributed by atoms with van der Waals surface area (Å²) in [7, 11) is 0. The maximum Gasteiger partial charge on any atom is 0.245 e. The number of anilines is 1. The average Bonchev–Trinajstić information content (AvgIpc) is 3.16. The van der Waals surface area contributed by atoms with Crippen LogP contribution in [0.1, 0.15) is 36.7 Å². The van der Waals surface area contributed by atoms with Crippen molar-refractivity contribution in [1.82, 2.24) is 19.9 Å². The second-order valence-electron chi connectivity index (χ2n) is 7.68. The van der Waals surface area contributed by atoms with Gasteiger partial charge in [0.25, 0.3) is 0 Å². The van der Waals surface area contributed by atoms with Crippen molar-refractivity contribution in [3.05, 3.63) is 65.5 Å². The molecule has 2 aromatic carbocycles. The van der Waals surface area contributed by atoms with Crippen LogP contribution in [0, 0.1) is 0 Å². The number of nitrogens with two attached hydrogens (primary N) is 1. The normalized spacial score (nSPS) is 11.3. The lowest BCUT2D eigenvalue weighted by molar-refractivity contribution is -0.123. The number of carbonyl (C=O) groups is 1. The quantitative estimate of drug-likeness (QED) is 0.408. The van der Waals surface area contributed by atoms with Crippen LogP contribution >= 0.6 is 0 Å². The number of pyridine rings is 1. The molecule has 7 heteroatoms. The Morgan fingerprint density at radius 2 is 1.84 bits per heavy atom. The Labute approximate surface area is 180 Å². The summed E-state index contributed by atoms with van der Waals surface area (Å²) in [5.74, 6) is 1.09. The molecule has 7 nitrogen and oxygen atoms in total. The van der Waals surface area contributed by atoms with E-state index in [0.717, 1.165) is 58.2 Å².